The number of imidazole rings is 1. The average molecular weight is 289 g/mol. The van der Waals surface area contributed by atoms with Crippen molar-refractivity contribution >= 4 is 5.78 Å². The molecule has 2 heterocycles. The molecule has 0 atom stereocenters. The average Bonchev–Trinajstić information content (AvgIpc) is 2.94. The lowest BCUT2D eigenvalue weighted by molar-refractivity contribution is 0.0907. The van der Waals surface area contributed by atoms with Crippen LogP contribution in [0.25, 0.3) is 0 Å². The summed E-state index contributed by atoms with van der Waals surface area (Å²) in [6.07, 6.45) is 3.70. The molecule has 3 rings (SSSR count). The molecule has 1 aromatic carbocycles. The standard InChI is InChI=1S/C15H16FN3O2/c1-21-14-3-2-11(8-12(14)16)13(20)9-18-6-7-19-5-4-17-15(19)10-18/h2-5,8H,6-7,9-10H2,1H3. The largest absolute Gasteiger partial charge is 0.494 e. The molecule has 21 heavy (non-hydrogen) atoms. The maximum absolute atomic E-state index is 13.6. The van der Waals surface area contributed by atoms with Gasteiger partial charge in [-0.3, -0.25) is 9.69 Å². The summed E-state index contributed by atoms with van der Waals surface area (Å²) in [6.45, 7) is 2.50. The van der Waals surface area contributed by atoms with E-state index in [-0.39, 0.29) is 18.1 Å². The fourth-order valence-electron chi connectivity index (χ4n) is 2.49. The number of carbonyl (C=O) groups is 1. The number of methoxy groups -OCH3 is 1. The van der Waals surface area contributed by atoms with Crippen molar-refractivity contribution in [3.8, 4) is 5.75 Å². The molecule has 0 saturated carbocycles. The summed E-state index contributed by atoms with van der Waals surface area (Å²) in [7, 11) is 1.40. The lowest BCUT2D eigenvalue weighted by Gasteiger charge is -2.26. The maximum Gasteiger partial charge on any atom is 0.176 e. The summed E-state index contributed by atoms with van der Waals surface area (Å²) in [6, 6.07) is 4.30. The van der Waals surface area contributed by atoms with E-state index in [0.717, 1.165) is 18.9 Å². The summed E-state index contributed by atoms with van der Waals surface area (Å²) in [5, 5.41) is 0. The molecule has 1 aromatic heterocycles. The molecular weight excluding hydrogens is 273 g/mol. The van der Waals surface area contributed by atoms with Gasteiger partial charge in [0, 0.05) is 31.0 Å². The number of hydrogen-bond donors (Lipinski definition) is 0. The highest BCUT2D eigenvalue weighted by Gasteiger charge is 2.20. The molecule has 0 unspecified atom stereocenters. The number of aromatic nitrogens is 2. The summed E-state index contributed by atoms with van der Waals surface area (Å²) in [5.41, 5.74) is 0.363. The van der Waals surface area contributed by atoms with E-state index >= 15 is 0 Å². The number of Topliss-reactive ketones (excluding diaryl/α,β-unsaturated/α-hetero) is 1. The molecule has 0 fully saturated rings. The lowest BCUT2D eigenvalue weighted by atomic mass is 10.1. The Morgan fingerprint density at radius 3 is 3.05 bits per heavy atom. The Morgan fingerprint density at radius 1 is 1.43 bits per heavy atom. The summed E-state index contributed by atoms with van der Waals surface area (Å²) >= 11 is 0. The number of benzene rings is 1. The van der Waals surface area contributed by atoms with Gasteiger partial charge in [0.2, 0.25) is 0 Å². The van der Waals surface area contributed by atoms with E-state index in [1.807, 2.05) is 11.1 Å². The van der Waals surface area contributed by atoms with Crippen LogP contribution in [0.15, 0.2) is 30.6 Å². The van der Waals surface area contributed by atoms with Gasteiger partial charge in [0.05, 0.1) is 20.2 Å². The van der Waals surface area contributed by atoms with Gasteiger partial charge in [0.1, 0.15) is 5.82 Å². The molecule has 0 radical (unpaired) electrons. The number of halogens is 1. The number of fused-ring (bicyclic) bond motifs is 1. The summed E-state index contributed by atoms with van der Waals surface area (Å²) in [4.78, 5) is 18.5. The monoisotopic (exact) mass is 289 g/mol. The van der Waals surface area contributed by atoms with Crippen LogP contribution >= 0.6 is 0 Å². The second kappa shape index (κ2) is 5.65. The van der Waals surface area contributed by atoms with Crippen LogP contribution in [0.1, 0.15) is 16.2 Å². The number of carbonyl (C=O) groups excluding carboxylic acids is 1. The van der Waals surface area contributed by atoms with Crippen molar-refractivity contribution in [3.63, 3.8) is 0 Å². The van der Waals surface area contributed by atoms with Crippen molar-refractivity contribution in [2.75, 3.05) is 20.2 Å². The first kappa shape index (κ1) is 13.8. The minimum Gasteiger partial charge on any atom is -0.494 e. The summed E-state index contributed by atoms with van der Waals surface area (Å²) < 4.78 is 20.6. The zero-order valence-electron chi connectivity index (χ0n) is 11.8. The highest BCUT2D eigenvalue weighted by Crippen LogP contribution is 2.18. The molecule has 0 N–H and O–H groups in total. The number of nitrogens with zero attached hydrogens (tertiary/aromatic N) is 3. The highest BCUT2D eigenvalue weighted by atomic mass is 19.1. The van der Waals surface area contributed by atoms with Crippen molar-refractivity contribution in [1.29, 1.82) is 0 Å². The van der Waals surface area contributed by atoms with Gasteiger partial charge in [0.25, 0.3) is 0 Å². The second-order valence-corrected chi connectivity index (χ2v) is 5.02. The van der Waals surface area contributed by atoms with Gasteiger partial charge in [0.15, 0.2) is 17.3 Å². The van der Waals surface area contributed by atoms with E-state index in [9.17, 15) is 9.18 Å². The van der Waals surface area contributed by atoms with Gasteiger partial charge in [-0.1, -0.05) is 0 Å². The third kappa shape index (κ3) is 2.80. The van der Waals surface area contributed by atoms with Gasteiger partial charge in [-0.25, -0.2) is 9.37 Å². The number of hydrogen-bond acceptors (Lipinski definition) is 4. The Hall–Kier alpha value is -2.21. The maximum atomic E-state index is 13.6. The van der Waals surface area contributed by atoms with E-state index in [0.29, 0.717) is 12.1 Å². The molecule has 0 amide bonds. The van der Waals surface area contributed by atoms with Crippen LogP contribution in [0, 0.1) is 5.82 Å². The van der Waals surface area contributed by atoms with Gasteiger partial charge in [-0.2, -0.15) is 0 Å². The van der Waals surface area contributed by atoms with E-state index in [1.165, 1.54) is 19.2 Å². The van der Waals surface area contributed by atoms with Crippen LogP contribution in [-0.4, -0.2) is 40.4 Å². The topological polar surface area (TPSA) is 47.4 Å². The van der Waals surface area contributed by atoms with Crippen LogP contribution in [0.4, 0.5) is 4.39 Å². The predicted octanol–water partition coefficient (Wildman–Crippen LogP) is 1.73. The van der Waals surface area contributed by atoms with Crippen LogP contribution < -0.4 is 4.74 Å². The zero-order valence-corrected chi connectivity index (χ0v) is 11.8. The molecule has 0 saturated heterocycles. The van der Waals surface area contributed by atoms with E-state index in [2.05, 4.69) is 9.55 Å². The van der Waals surface area contributed by atoms with Crippen molar-refractivity contribution in [2.24, 2.45) is 0 Å². The highest BCUT2D eigenvalue weighted by molar-refractivity contribution is 5.97. The third-order valence-electron chi connectivity index (χ3n) is 3.66. The number of rotatable bonds is 4. The van der Waals surface area contributed by atoms with Gasteiger partial charge in [-0.05, 0) is 18.2 Å². The Balaban J connectivity index is 1.68. The normalized spacial score (nSPS) is 14.8. The minimum atomic E-state index is -0.516. The first-order valence-electron chi connectivity index (χ1n) is 6.76. The molecule has 1 aliphatic heterocycles. The Bertz CT molecular complexity index is 669. The first-order chi connectivity index (χ1) is 10.2. The molecule has 0 aliphatic carbocycles. The van der Waals surface area contributed by atoms with Crippen molar-refractivity contribution in [3.05, 3.63) is 47.8 Å². The molecule has 2 aromatic rings. The van der Waals surface area contributed by atoms with Crippen LogP contribution in [0.2, 0.25) is 0 Å². The van der Waals surface area contributed by atoms with Gasteiger partial charge >= 0.3 is 0 Å². The van der Waals surface area contributed by atoms with Crippen LogP contribution in [-0.2, 0) is 13.1 Å². The van der Waals surface area contributed by atoms with Crippen LogP contribution in [0.5, 0.6) is 5.75 Å². The molecule has 6 heteroatoms. The minimum absolute atomic E-state index is 0.100. The zero-order chi connectivity index (χ0) is 14.8. The molecule has 0 spiro atoms. The number of ether oxygens (including phenoxy) is 1. The first-order valence-corrected chi connectivity index (χ1v) is 6.76. The molecular formula is C15H16FN3O2. The quantitative estimate of drug-likeness (QED) is 0.804. The van der Waals surface area contributed by atoms with Gasteiger partial charge in [-0.15, -0.1) is 0 Å². The predicted molar refractivity (Wildman–Crippen MR) is 74.8 cm³/mol. The number of ketones is 1. The lowest BCUT2D eigenvalue weighted by Crippen LogP contribution is -2.37. The fourth-order valence-corrected chi connectivity index (χ4v) is 2.49. The molecule has 110 valence electrons. The second-order valence-electron chi connectivity index (χ2n) is 5.02. The molecule has 0 bridgehead atoms. The fraction of sp³-hybridized carbons (Fsp3) is 0.333. The van der Waals surface area contributed by atoms with Gasteiger partial charge < -0.3 is 9.30 Å². The van der Waals surface area contributed by atoms with E-state index < -0.39 is 5.82 Å². The van der Waals surface area contributed by atoms with Crippen LogP contribution in [0.3, 0.4) is 0 Å². The smallest absolute Gasteiger partial charge is 0.176 e. The Labute approximate surface area is 122 Å². The summed E-state index contributed by atoms with van der Waals surface area (Å²) in [5.74, 6) is 0.482. The molecule has 5 nitrogen and oxygen atoms in total. The Kier molecular flexibility index (Phi) is 3.70. The SMILES string of the molecule is COc1ccc(C(=O)CN2CCn3ccnc3C2)cc1F. The molecule has 1 aliphatic rings. The van der Waals surface area contributed by atoms with Crippen molar-refractivity contribution in [1.82, 2.24) is 14.5 Å². The van der Waals surface area contributed by atoms with E-state index in [4.69, 9.17) is 4.74 Å². The third-order valence-corrected chi connectivity index (χ3v) is 3.66. The van der Waals surface area contributed by atoms with Crippen molar-refractivity contribution in [2.45, 2.75) is 13.1 Å². The van der Waals surface area contributed by atoms with E-state index in [1.54, 1.807) is 12.3 Å². The Morgan fingerprint density at radius 2 is 2.29 bits per heavy atom. The van der Waals surface area contributed by atoms with Crippen molar-refractivity contribution < 1.29 is 13.9 Å².